The molecule has 1 unspecified atom stereocenters. The van der Waals surface area contributed by atoms with Crippen LogP contribution < -0.4 is 5.32 Å². The van der Waals surface area contributed by atoms with Crippen molar-refractivity contribution in [3.8, 4) is 0 Å². The molecule has 1 heterocycles. The van der Waals surface area contributed by atoms with E-state index < -0.39 is 5.82 Å². The fourth-order valence-electron chi connectivity index (χ4n) is 2.12. The maximum absolute atomic E-state index is 13.4. The van der Waals surface area contributed by atoms with Crippen LogP contribution in [0.15, 0.2) is 52.9 Å². The van der Waals surface area contributed by atoms with Gasteiger partial charge in [0.2, 0.25) is 0 Å². The second-order valence-electron chi connectivity index (χ2n) is 4.68. The molecule has 4 heteroatoms. The second-order valence-corrected chi connectivity index (χ2v) is 5.09. The van der Waals surface area contributed by atoms with Gasteiger partial charge in [-0.05, 0) is 37.3 Å². The first-order valence-corrected chi connectivity index (χ1v) is 6.71. The minimum Gasteiger partial charge on any atom is -0.459 e. The van der Waals surface area contributed by atoms with Crippen LogP contribution in [0.4, 0.5) is 10.1 Å². The molecule has 0 spiro atoms. The molecule has 0 saturated carbocycles. The van der Waals surface area contributed by atoms with Crippen LogP contribution in [-0.4, -0.2) is 0 Å². The molecule has 20 heavy (non-hydrogen) atoms. The van der Waals surface area contributed by atoms with Gasteiger partial charge < -0.3 is 9.73 Å². The van der Waals surface area contributed by atoms with Crippen LogP contribution in [0, 0.1) is 5.82 Å². The van der Waals surface area contributed by atoms with Crippen molar-refractivity contribution >= 4 is 28.3 Å². The van der Waals surface area contributed by atoms with Gasteiger partial charge in [0.15, 0.2) is 0 Å². The largest absolute Gasteiger partial charge is 0.459 e. The molecule has 3 aromatic rings. The van der Waals surface area contributed by atoms with E-state index in [-0.39, 0.29) is 11.1 Å². The molecule has 3 rings (SSSR count). The number of halogens is 2. The molecule has 1 aromatic heterocycles. The average molecular weight is 290 g/mol. The van der Waals surface area contributed by atoms with Gasteiger partial charge in [0.25, 0.3) is 0 Å². The number of rotatable bonds is 3. The summed E-state index contributed by atoms with van der Waals surface area (Å²) in [4.78, 5) is 0. The summed E-state index contributed by atoms with van der Waals surface area (Å²) in [5.41, 5.74) is 1.51. The number of hydrogen-bond acceptors (Lipinski definition) is 2. The molecule has 2 nitrogen and oxygen atoms in total. The van der Waals surface area contributed by atoms with Crippen molar-refractivity contribution in [1.82, 2.24) is 0 Å². The Morgan fingerprint density at radius 1 is 1.15 bits per heavy atom. The van der Waals surface area contributed by atoms with E-state index in [0.29, 0.717) is 5.69 Å². The third kappa shape index (κ3) is 2.49. The number of fused-ring (bicyclic) bond motifs is 1. The van der Waals surface area contributed by atoms with Gasteiger partial charge in [0.1, 0.15) is 17.2 Å². The lowest BCUT2D eigenvalue weighted by Gasteiger charge is -2.13. The van der Waals surface area contributed by atoms with Gasteiger partial charge in [0, 0.05) is 11.1 Å². The van der Waals surface area contributed by atoms with Crippen molar-refractivity contribution in [1.29, 1.82) is 0 Å². The molecule has 1 N–H and O–H groups in total. The molecule has 0 radical (unpaired) electrons. The number of benzene rings is 2. The summed E-state index contributed by atoms with van der Waals surface area (Å²) in [6.07, 6.45) is 0. The molecule has 0 fully saturated rings. The molecule has 102 valence electrons. The topological polar surface area (TPSA) is 25.2 Å². The molecule has 0 bridgehead atoms. The maximum atomic E-state index is 13.4. The quantitative estimate of drug-likeness (QED) is 0.698. The highest BCUT2D eigenvalue weighted by Crippen LogP contribution is 2.27. The van der Waals surface area contributed by atoms with Crippen molar-refractivity contribution in [3.05, 3.63) is 65.1 Å². The van der Waals surface area contributed by atoms with Crippen molar-refractivity contribution in [2.45, 2.75) is 13.0 Å². The van der Waals surface area contributed by atoms with Gasteiger partial charge in [-0.3, -0.25) is 0 Å². The SMILES string of the molecule is CC(Nc1ccc(Cl)c(F)c1)c1cc2ccccc2o1. The fourth-order valence-corrected chi connectivity index (χ4v) is 2.24. The summed E-state index contributed by atoms with van der Waals surface area (Å²) >= 11 is 5.67. The second kappa shape index (κ2) is 5.17. The zero-order chi connectivity index (χ0) is 14.1. The minimum absolute atomic E-state index is 0.0667. The molecular formula is C16H13ClFNO. The van der Waals surface area contributed by atoms with Crippen LogP contribution in [0.1, 0.15) is 18.7 Å². The van der Waals surface area contributed by atoms with E-state index in [4.69, 9.17) is 16.0 Å². The van der Waals surface area contributed by atoms with Crippen LogP contribution >= 0.6 is 11.6 Å². The number of anilines is 1. The summed E-state index contributed by atoms with van der Waals surface area (Å²) < 4.78 is 19.2. The summed E-state index contributed by atoms with van der Waals surface area (Å²) in [5.74, 6) is 0.370. The Morgan fingerprint density at radius 2 is 1.95 bits per heavy atom. The Kier molecular flexibility index (Phi) is 3.36. The Labute approximate surface area is 121 Å². The highest BCUT2D eigenvalue weighted by Gasteiger charge is 2.12. The average Bonchev–Trinajstić information content (AvgIpc) is 2.87. The van der Waals surface area contributed by atoms with Crippen molar-refractivity contribution in [2.75, 3.05) is 5.32 Å². The first kappa shape index (κ1) is 13.0. The van der Waals surface area contributed by atoms with Gasteiger partial charge in [-0.15, -0.1) is 0 Å². The molecule has 0 aliphatic rings. The van der Waals surface area contributed by atoms with E-state index in [1.165, 1.54) is 12.1 Å². The molecular weight excluding hydrogens is 277 g/mol. The Hall–Kier alpha value is -2.00. The highest BCUT2D eigenvalue weighted by molar-refractivity contribution is 6.30. The van der Waals surface area contributed by atoms with E-state index in [2.05, 4.69) is 5.32 Å². The van der Waals surface area contributed by atoms with E-state index >= 15 is 0 Å². The Bertz CT molecular complexity index is 720. The van der Waals surface area contributed by atoms with E-state index in [1.54, 1.807) is 6.07 Å². The van der Waals surface area contributed by atoms with Gasteiger partial charge in [0.05, 0.1) is 11.1 Å². The smallest absolute Gasteiger partial charge is 0.143 e. The van der Waals surface area contributed by atoms with Crippen molar-refractivity contribution in [2.24, 2.45) is 0 Å². The molecule has 0 amide bonds. The summed E-state index contributed by atoms with van der Waals surface area (Å²) in [5, 5.41) is 4.37. The van der Waals surface area contributed by atoms with Gasteiger partial charge in [-0.25, -0.2) is 4.39 Å². The van der Waals surface area contributed by atoms with Crippen LogP contribution in [0.25, 0.3) is 11.0 Å². The first-order valence-electron chi connectivity index (χ1n) is 6.33. The standard InChI is InChI=1S/C16H13ClFNO/c1-10(19-12-6-7-13(17)14(18)9-12)16-8-11-4-2-3-5-15(11)20-16/h2-10,19H,1H3. The van der Waals surface area contributed by atoms with Crippen molar-refractivity contribution < 1.29 is 8.81 Å². The lowest BCUT2D eigenvalue weighted by molar-refractivity contribution is 0.526. The fraction of sp³-hybridized carbons (Fsp3) is 0.125. The predicted octanol–water partition coefficient (Wildman–Crippen LogP) is 5.40. The molecule has 1 atom stereocenters. The zero-order valence-electron chi connectivity index (χ0n) is 10.9. The zero-order valence-corrected chi connectivity index (χ0v) is 11.6. The molecule has 0 saturated heterocycles. The van der Waals surface area contributed by atoms with E-state index in [0.717, 1.165) is 16.7 Å². The predicted molar refractivity (Wildman–Crippen MR) is 79.7 cm³/mol. The Balaban J connectivity index is 1.84. The molecule has 0 aliphatic heterocycles. The normalized spacial score (nSPS) is 12.6. The maximum Gasteiger partial charge on any atom is 0.143 e. The van der Waals surface area contributed by atoms with Gasteiger partial charge in [-0.2, -0.15) is 0 Å². The Morgan fingerprint density at radius 3 is 2.70 bits per heavy atom. The summed E-state index contributed by atoms with van der Waals surface area (Å²) in [6, 6.07) is 14.4. The third-order valence-electron chi connectivity index (χ3n) is 3.17. The van der Waals surface area contributed by atoms with E-state index in [9.17, 15) is 4.39 Å². The van der Waals surface area contributed by atoms with Gasteiger partial charge >= 0.3 is 0 Å². The van der Waals surface area contributed by atoms with Crippen LogP contribution in [0.3, 0.4) is 0 Å². The van der Waals surface area contributed by atoms with Crippen LogP contribution in [0.5, 0.6) is 0 Å². The van der Waals surface area contributed by atoms with Crippen molar-refractivity contribution in [3.63, 3.8) is 0 Å². The lowest BCUT2D eigenvalue weighted by atomic mass is 10.2. The lowest BCUT2D eigenvalue weighted by Crippen LogP contribution is -2.05. The number of nitrogens with one attached hydrogen (secondary N) is 1. The van der Waals surface area contributed by atoms with E-state index in [1.807, 2.05) is 37.3 Å². The molecule has 2 aromatic carbocycles. The number of furan rings is 1. The summed E-state index contributed by atoms with van der Waals surface area (Å²) in [7, 11) is 0. The third-order valence-corrected chi connectivity index (χ3v) is 3.48. The van der Waals surface area contributed by atoms with Crippen LogP contribution in [-0.2, 0) is 0 Å². The summed E-state index contributed by atoms with van der Waals surface area (Å²) in [6.45, 7) is 1.96. The highest BCUT2D eigenvalue weighted by atomic mass is 35.5. The number of para-hydroxylation sites is 1. The van der Waals surface area contributed by atoms with Crippen LogP contribution in [0.2, 0.25) is 5.02 Å². The molecule has 0 aliphatic carbocycles. The monoisotopic (exact) mass is 289 g/mol. The minimum atomic E-state index is -0.437. The number of hydrogen-bond donors (Lipinski definition) is 1. The first-order chi connectivity index (χ1) is 9.63. The van der Waals surface area contributed by atoms with Gasteiger partial charge in [-0.1, -0.05) is 29.8 Å².